The first-order valence-electron chi connectivity index (χ1n) is 26.4. The standard InChI is InChI=1S/C68H64N4SSi/c1-42(2)73-49-26-18-24-47(38-49)69(45-20-14-12-15-21-45)59-34-30-51-53-40-62-54(41-61(53)71-57-32-28-43(67(3,4)5)36-55(57)63(59)65(51)71)52-31-35-60(64-56-37-44(68(6,7)8)29-33-58(56)72(62)66(52)64)70(46-22-16-13-17-23-46)48-25-19-27-50(39-48)74(9,10)11/h12-42H,1-11H3. The highest BCUT2D eigenvalue weighted by molar-refractivity contribution is 7.99. The number of anilines is 6. The molecule has 4 nitrogen and oxygen atoms in total. The van der Waals surface area contributed by atoms with E-state index in [0.717, 1.165) is 17.1 Å². The van der Waals surface area contributed by atoms with Crippen LogP contribution < -0.4 is 15.0 Å². The molecule has 0 saturated heterocycles. The van der Waals surface area contributed by atoms with Crippen molar-refractivity contribution < 1.29 is 0 Å². The molecule has 6 heteroatoms. The summed E-state index contributed by atoms with van der Waals surface area (Å²) in [7, 11) is -1.63. The molecule has 9 aromatic carbocycles. The highest BCUT2D eigenvalue weighted by atomic mass is 32.2. The van der Waals surface area contributed by atoms with Crippen LogP contribution in [-0.4, -0.2) is 22.1 Å². The number of nitrogens with zero attached hydrogens (tertiary/aromatic N) is 4. The predicted octanol–water partition coefficient (Wildman–Crippen LogP) is 19.6. The van der Waals surface area contributed by atoms with Crippen molar-refractivity contribution in [1.29, 1.82) is 0 Å². The van der Waals surface area contributed by atoms with Crippen molar-refractivity contribution in [3.63, 3.8) is 0 Å². The Morgan fingerprint density at radius 1 is 0.405 bits per heavy atom. The molecule has 0 unspecified atom stereocenters. The summed E-state index contributed by atoms with van der Waals surface area (Å²) >= 11 is 1.91. The number of hydrogen-bond donors (Lipinski definition) is 0. The number of fused-ring (bicyclic) bond motifs is 12. The summed E-state index contributed by atoms with van der Waals surface area (Å²) in [6, 6.07) is 69.5. The van der Waals surface area contributed by atoms with E-state index in [1.807, 2.05) is 11.8 Å². The van der Waals surface area contributed by atoms with Crippen molar-refractivity contribution in [3.8, 4) is 0 Å². The van der Waals surface area contributed by atoms with E-state index < -0.39 is 8.07 Å². The Balaban J connectivity index is 1.14. The Bertz CT molecular complexity index is 4320. The Labute approximate surface area is 440 Å². The average Bonchev–Trinajstić information content (AvgIpc) is 4.11. The molecular weight excluding hydrogens is 933 g/mol. The van der Waals surface area contributed by atoms with Crippen molar-refractivity contribution in [1.82, 2.24) is 8.80 Å². The Hall–Kier alpha value is -7.25. The van der Waals surface area contributed by atoms with Gasteiger partial charge in [-0.25, -0.2) is 0 Å². The summed E-state index contributed by atoms with van der Waals surface area (Å²) in [4.78, 5) is 6.27. The van der Waals surface area contributed by atoms with E-state index in [1.54, 1.807) is 0 Å². The minimum absolute atomic E-state index is 0.0264. The predicted molar refractivity (Wildman–Crippen MR) is 326 cm³/mol. The topological polar surface area (TPSA) is 15.3 Å². The summed E-state index contributed by atoms with van der Waals surface area (Å²) in [6.45, 7) is 25.9. The Morgan fingerprint density at radius 2 is 0.851 bits per heavy atom. The second-order valence-corrected chi connectivity index (χ2v) is 30.8. The Morgan fingerprint density at radius 3 is 1.30 bits per heavy atom. The lowest BCUT2D eigenvalue weighted by Gasteiger charge is -2.28. The van der Waals surface area contributed by atoms with Crippen molar-refractivity contribution in [2.24, 2.45) is 0 Å². The van der Waals surface area contributed by atoms with E-state index in [0.29, 0.717) is 5.25 Å². The highest BCUT2D eigenvalue weighted by Crippen LogP contribution is 2.52. The van der Waals surface area contributed by atoms with Gasteiger partial charge in [0.1, 0.15) is 0 Å². The maximum Gasteiger partial charge on any atom is 0.0776 e. The van der Waals surface area contributed by atoms with Crippen molar-refractivity contribution in [3.05, 3.63) is 193 Å². The summed E-state index contributed by atoms with van der Waals surface area (Å²) in [6.07, 6.45) is 0. The molecule has 0 bridgehead atoms. The van der Waals surface area contributed by atoms with Gasteiger partial charge < -0.3 is 18.6 Å². The van der Waals surface area contributed by atoms with Gasteiger partial charge in [-0.3, -0.25) is 0 Å². The van der Waals surface area contributed by atoms with E-state index in [4.69, 9.17) is 0 Å². The number of thioether (sulfide) groups is 1. The van der Waals surface area contributed by atoms with E-state index in [2.05, 4.69) is 276 Å². The molecule has 74 heavy (non-hydrogen) atoms. The largest absolute Gasteiger partial charge is 0.310 e. The van der Waals surface area contributed by atoms with E-state index >= 15 is 0 Å². The molecule has 0 aliphatic carbocycles. The molecule has 0 fully saturated rings. The third kappa shape index (κ3) is 7.23. The first-order valence-corrected chi connectivity index (χ1v) is 30.8. The fourth-order valence-corrected chi connectivity index (χ4v) is 14.0. The number of rotatable bonds is 9. The maximum absolute atomic E-state index is 2.60. The molecule has 0 aliphatic heterocycles. The van der Waals surface area contributed by atoms with Crippen molar-refractivity contribution in [2.45, 2.75) is 96.0 Å². The van der Waals surface area contributed by atoms with Crippen LogP contribution in [0.1, 0.15) is 66.5 Å². The van der Waals surface area contributed by atoms with Crippen LogP contribution in [0, 0.1) is 0 Å². The van der Waals surface area contributed by atoms with Gasteiger partial charge in [0.05, 0.1) is 52.5 Å². The molecule has 4 heterocycles. The fraction of sp³-hybridized carbons (Fsp3) is 0.206. The smallest absolute Gasteiger partial charge is 0.0776 e. The number of benzene rings is 9. The van der Waals surface area contributed by atoms with Crippen LogP contribution in [0.2, 0.25) is 19.6 Å². The van der Waals surface area contributed by atoms with Gasteiger partial charge in [0.15, 0.2) is 0 Å². The van der Waals surface area contributed by atoms with Crippen LogP contribution in [-0.2, 0) is 10.8 Å². The highest BCUT2D eigenvalue weighted by Gasteiger charge is 2.30. The van der Waals surface area contributed by atoms with Crippen molar-refractivity contribution in [2.75, 3.05) is 9.80 Å². The maximum atomic E-state index is 2.60. The van der Waals surface area contributed by atoms with Crippen molar-refractivity contribution >= 4 is 135 Å². The number of hydrogen-bond acceptors (Lipinski definition) is 3. The third-order valence-corrected chi connectivity index (χ3v) is 18.7. The average molecular weight is 997 g/mol. The first-order chi connectivity index (χ1) is 35.4. The molecule has 13 aromatic rings. The zero-order chi connectivity index (χ0) is 51.2. The van der Waals surface area contributed by atoms with Crippen LogP contribution >= 0.6 is 11.8 Å². The number of aromatic nitrogens is 2. The molecule has 0 atom stereocenters. The first kappa shape index (κ1) is 46.5. The molecular formula is C68H64N4SSi. The molecule has 0 amide bonds. The molecule has 0 saturated carbocycles. The minimum Gasteiger partial charge on any atom is -0.310 e. The van der Waals surface area contributed by atoms with Crippen LogP contribution in [0.4, 0.5) is 34.1 Å². The second kappa shape index (κ2) is 16.6. The summed E-state index contributed by atoms with van der Waals surface area (Å²) < 4.78 is 5.19. The van der Waals surface area contributed by atoms with Crippen LogP contribution in [0.15, 0.2) is 187 Å². The van der Waals surface area contributed by atoms with E-state index in [1.165, 1.54) is 114 Å². The van der Waals surface area contributed by atoms with Gasteiger partial charge in [0.25, 0.3) is 0 Å². The lowest BCUT2D eigenvalue weighted by Crippen LogP contribution is -2.37. The molecule has 0 aliphatic rings. The summed E-state index contributed by atoms with van der Waals surface area (Å²) in [5, 5.41) is 12.1. The SMILES string of the molecule is CC(C)Sc1cccc(N(c2ccccc2)c2ccc3c4cc5c(cc4n4c6ccc(C(C)(C)C)cc6c2c34)c2ccc(N(c3ccccc3)c3cccc([Si](C)(C)C)c3)c3c4cc(C(C)(C)C)ccc4n5c23)c1. The third-order valence-electron chi connectivity index (χ3n) is 15.6. The molecule has 0 N–H and O–H groups in total. The minimum atomic E-state index is -1.63. The lowest BCUT2D eigenvalue weighted by molar-refractivity contribution is 0.591. The summed E-state index contributed by atoms with van der Waals surface area (Å²) in [5.41, 5.74) is 17.1. The molecule has 4 aromatic heterocycles. The lowest BCUT2D eigenvalue weighted by atomic mass is 9.86. The van der Waals surface area contributed by atoms with Crippen LogP contribution in [0.5, 0.6) is 0 Å². The second-order valence-electron chi connectivity index (χ2n) is 24.0. The van der Waals surface area contributed by atoms with Gasteiger partial charge in [0.2, 0.25) is 0 Å². The van der Waals surface area contributed by atoms with E-state index in [9.17, 15) is 0 Å². The zero-order valence-electron chi connectivity index (χ0n) is 44.6. The fourth-order valence-electron chi connectivity index (χ4n) is 12.0. The molecule has 0 spiro atoms. The van der Waals surface area contributed by atoms with Gasteiger partial charge in [-0.1, -0.05) is 159 Å². The quantitative estimate of drug-likeness (QED) is 0.106. The van der Waals surface area contributed by atoms with Gasteiger partial charge >= 0.3 is 0 Å². The molecule has 366 valence electrons. The number of para-hydroxylation sites is 2. The summed E-state index contributed by atoms with van der Waals surface area (Å²) in [5.74, 6) is 0. The molecule has 13 rings (SSSR count). The van der Waals surface area contributed by atoms with Crippen LogP contribution in [0.25, 0.3) is 76.2 Å². The van der Waals surface area contributed by atoms with Crippen LogP contribution in [0.3, 0.4) is 0 Å². The van der Waals surface area contributed by atoms with Gasteiger partial charge in [-0.2, -0.15) is 0 Å². The Kier molecular flexibility index (Phi) is 10.5. The van der Waals surface area contributed by atoms with E-state index in [-0.39, 0.29) is 10.8 Å². The van der Waals surface area contributed by atoms with Gasteiger partial charge in [-0.15, -0.1) is 11.8 Å². The zero-order valence-corrected chi connectivity index (χ0v) is 46.4. The van der Waals surface area contributed by atoms with Gasteiger partial charge in [-0.05, 0) is 125 Å². The monoisotopic (exact) mass is 996 g/mol. The molecule has 0 radical (unpaired) electrons. The normalized spacial score (nSPS) is 13.0. The van der Waals surface area contributed by atoms with Gasteiger partial charge in [0, 0.05) is 76.0 Å².